The van der Waals surface area contributed by atoms with E-state index in [0.29, 0.717) is 80.5 Å². The van der Waals surface area contributed by atoms with E-state index in [1.165, 1.54) is 24.3 Å². The average molecular weight is 1280 g/mol. The molecule has 3 fully saturated rings. The number of halogens is 2. The number of ether oxygens (including phenoxy) is 7. The number of allylic oxidation sites excluding steroid dienone is 1. The molecular formula is C61H59Cl2N7O20. The van der Waals surface area contributed by atoms with E-state index in [9.17, 15) is 44.7 Å². The Kier molecular flexibility index (Phi) is 21.0. The summed E-state index contributed by atoms with van der Waals surface area (Å²) in [6.07, 6.45) is 2.15. The van der Waals surface area contributed by atoms with Gasteiger partial charge in [-0.3, -0.25) is 14.5 Å². The fraction of sp³-hybridized carbons (Fsp3) is 0.328. The van der Waals surface area contributed by atoms with E-state index in [1.807, 2.05) is 56.1 Å². The lowest BCUT2D eigenvalue weighted by atomic mass is 9.66. The summed E-state index contributed by atoms with van der Waals surface area (Å²) in [7, 11) is 1.98. The number of nitrogens with zero attached hydrogens (tertiary/aromatic N) is 7. The van der Waals surface area contributed by atoms with Crippen LogP contribution < -0.4 is 28.4 Å². The third-order valence-electron chi connectivity index (χ3n) is 15.2. The molecule has 6 aromatic rings. The van der Waals surface area contributed by atoms with Crippen molar-refractivity contribution in [3.8, 4) is 34.6 Å². The highest BCUT2D eigenvalue weighted by Gasteiger charge is 2.69. The van der Waals surface area contributed by atoms with Crippen molar-refractivity contribution in [2.45, 2.75) is 77.6 Å². The molecule has 0 radical (unpaired) electrons. The number of aryl methyl sites for hydroxylation is 1. The van der Waals surface area contributed by atoms with Gasteiger partial charge in [-0.15, -0.1) is 30.3 Å². The van der Waals surface area contributed by atoms with Crippen molar-refractivity contribution in [1.82, 2.24) is 19.7 Å². The lowest BCUT2D eigenvalue weighted by Gasteiger charge is -2.56. The Morgan fingerprint density at radius 3 is 1.87 bits per heavy atom. The minimum atomic E-state index is -1.00. The molecule has 4 aliphatic rings. The SMILES string of the molecule is Cc1cc(Cl)c(OCCOc2ccc(C3=C(C(=O)N(Cc4ccnc(OCCOC(=O)Oc5cccc(CO[N+](=O)[O-])c5)c4C)C4CC4)C4N(C)C5CN(C(=O)Oc6cccc(CO[N+](=O)[O-])c6)CC54C3)cc2)c(Cl)c1.O=COc1cccc(CO[N+](=O)[O-])c1. The minimum absolute atomic E-state index is 0.0270. The van der Waals surface area contributed by atoms with Gasteiger partial charge in [0.1, 0.15) is 69.2 Å². The first-order valence-corrected chi connectivity index (χ1v) is 28.7. The highest BCUT2D eigenvalue weighted by molar-refractivity contribution is 6.37. The van der Waals surface area contributed by atoms with Crippen molar-refractivity contribution in [3.63, 3.8) is 0 Å². The number of hydrogen-bond acceptors (Lipinski definition) is 22. The molecule has 2 amide bonds. The minimum Gasteiger partial charge on any atom is -0.490 e. The van der Waals surface area contributed by atoms with Gasteiger partial charge in [-0.05, 0) is 146 Å². The Labute approximate surface area is 523 Å². The first-order valence-electron chi connectivity index (χ1n) is 27.9. The van der Waals surface area contributed by atoms with Gasteiger partial charge in [-0.1, -0.05) is 71.7 Å². The van der Waals surface area contributed by atoms with Crippen molar-refractivity contribution >= 4 is 53.4 Å². The van der Waals surface area contributed by atoms with Gasteiger partial charge >= 0.3 is 12.2 Å². The summed E-state index contributed by atoms with van der Waals surface area (Å²) in [6.45, 7) is 4.31. The summed E-state index contributed by atoms with van der Waals surface area (Å²) in [6, 6.07) is 31.2. The van der Waals surface area contributed by atoms with Crippen LogP contribution in [-0.4, -0.2) is 124 Å². The highest BCUT2D eigenvalue weighted by atomic mass is 35.5. The van der Waals surface area contributed by atoms with E-state index >= 15 is 4.79 Å². The topological polar surface area (TPSA) is 313 Å². The summed E-state index contributed by atoms with van der Waals surface area (Å²) in [5.41, 5.74) is 5.69. The van der Waals surface area contributed by atoms with Crippen molar-refractivity contribution in [3.05, 3.63) is 206 Å². The number of carbonyl (C=O) groups excluding carboxylic acids is 4. The predicted octanol–water partition coefficient (Wildman–Crippen LogP) is 9.94. The standard InChI is InChI=1S/C53H52Cl2N6O15.C8H7NO5/c1-32-22-43(54)47(44(55)23-32)70-19-18-69-39-14-10-36(11-15-39)42-26-53-31-58(51(63)75-40-8-4-6-34(24-40)29-73-60(65)66)28-45(53)57(3)48(53)46(42)50(62)59(38-12-13-38)27-37-16-17-56-49(33(37)2)71-20-21-72-52(64)76-41-9-5-7-35(25-41)30-74-61(67)68;10-6-13-8-3-1-2-7(4-8)5-14-9(11)12/h4-11,14-17,22-25,38,45,48H,12-13,18-21,26-31H2,1-3H3;1-4,6H,5H2. The van der Waals surface area contributed by atoms with Crippen LogP contribution in [0.5, 0.6) is 34.6 Å². The van der Waals surface area contributed by atoms with E-state index in [1.54, 1.807) is 71.8 Å². The fourth-order valence-corrected chi connectivity index (χ4v) is 11.9. The lowest BCUT2D eigenvalue weighted by molar-refractivity contribution is -0.763. The highest BCUT2D eigenvalue weighted by Crippen LogP contribution is 2.62. The monoisotopic (exact) mass is 1280 g/mol. The maximum Gasteiger partial charge on any atom is 0.513 e. The van der Waals surface area contributed by atoms with Crippen molar-refractivity contribution < 1.29 is 82.1 Å². The van der Waals surface area contributed by atoms with Crippen LogP contribution in [-0.2, 0) is 55.2 Å². The molecule has 29 heteroatoms. The van der Waals surface area contributed by atoms with Crippen LogP contribution in [0.2, 0.25) is 10.0 Å². The molecule has 0 bridgehead atoms. The Hall–Kier alpha value is -9.99. The van der Waals surface area contributed by atoms with Crippen LogP contribution in [0.4, 0.5) is 9.59 Å². The molecule has 0 N–H and O–H groups in total. The number of likely N-dealkylation sites (tertiary alicyclic amines) is 2. The number of benzene rings is 5. The van der Waals surface area contributed by atoms with Crippen LogP contribution in [0.15, 0.2) is 127 Å². The summed E-state index contributed by atoms with van der Waals surface area (Å²) < 4.78 is 38.7. The van der Waals surface area contributed by atoms with Crippen molar-refractivity contribution in [2.24, 2.45) is 5.41 Å². The lowest BCUT2D eigenvalue weighted by Crippen LogP contribution is -2.69. The van der Waals surface area contributed by atoms with E-state index in [4.69, 9.17) is 51.6 Å². The van der Waals surface area contributed by atoms with E-state index in [0.717, 1.165) is 35.1 Å². The predicted molar refractivity (Wildman–Crippen MR) is 317 cm³/mol. The molecule has 1 saturated carbocycles. The maximum atomic E-state index is 15.5. The molecule has 2 aliphatic heterocycles. The number of aromatic nitrogens is 1. The number of hydrogen-bond donors (Lipinski definition) is 0. The van der Waals surface area contributed by atoms with Crippen LogP contribution in [0.1, 0.15) is 58.2 Å². The maximum absolute atomic E-state index is 15.5. The normalized spacial score (nSPS) is 17.0. The largest absolute Gasteiger partial charge is 0.513 e. The van der Waals surface area contributed by atoms with E-state index in [-0.39, 0.29) is 94.8 Å². The molecule has 90 heavy (non-hydrogen) atoms. The second-order valence-electron chi connectivity index (χ2n) is 21.2. The second-order valence-corrected chi connectivity index (χ2v) is 22.0. The second kappa shape index (κ2) is 29.3. The summed E-state index contributed by atoms with van der Waals surface area (Å²) in [5.74, 6) is 1.80. The Balaban J connectivity index is 0.000000606. The van der Waals surface area contributed by atoms with Crippen LogP contribution in [0.25, 0.3) is 5.57 Å². The van der Waals surface area contributed by atoms with Crippen molar-refractivity contribution in [1.29, 1.82) is 0 Å². The number of carbonyl (C=O) groups is 4. The zero-order valence-corrected chi connectivity index (χ0v) is 50.1. The van der Waals surface area contributed by atoms with Crippen molar-refractivity contribution in [2.75, 3.05) is 46.6 Å². The van der Waals surface area contributed by atoms with Gasteiger partial charge in [-0.2, -0.15) is 0 Å². The molecule has 3 atom stereocenters. The Bertz CT molecular complexity index is 3660. The zero-order chi connectivity index (χ0) is 64.1. The molecule has 1 spiro atoms. The molecule has 472 valence electrons. The van der Waals surface area contributed by atoms with Crippen LogP contribution >= 0.6 is 23.2 Å². The molecule has 2 aliphatic carbocycles. The smallest absolute Gasteiger partial charge is 0.490 e. The number of likely N-dealkylation sites (N-methyl/N-ethyl adjacent to an activating group) is 1. The number of pyridine rings is 1. The van der Waals surface area contributed by atoms with Gasteiger partial charge in [0.05, 0.1) is 10.0 Å². The molecule has 3 heterocycles. The first-order chi connectivity index (χ1) is 43.3. The Morgan fingerprint density at radius 1 is 0.711 bits per heavy atom. The molecule has 27 nitrogen and oxygen atoms in total. The third-order valence-corrected chi connectivity index (χ3v) is 15.8. The van der Waals surface area contributed by atoms with Gasteiger partial charge in [0.15, 0.2) is 5.75 Å². The number of rotatable bonds is 27. The zero-order valence-electron chi connectivity index (χ0n) is 48.6. The molecule has 5 aromatic carbocycles. The van der Waals surface area contributed by atoms with Gasteiger partial charge < -0.3 is 57.5 Å². The number of amides is 2. The molecule has 2 saturated heterocycles. The summed E-state index contributed by atoms with van der Waals surface area (Å²) >= 11 is 12.8. The molecule has 10 rings (SSSR count). The third kappa shape index (κ3) is 16.2. The van der Waals surface area contributed by atoms with Gasteiger partial charge in [0, 0.05) is 60.5 Å². The van der Waals surface area contributed by atoms with Gasteiger partial charge in [-0.25, -0.2) is 14.6 Å². The molecular weight excluding hydrogens is 1220 g/mol. The van der Waals surface area contributed by atoms with Gasteiger partial charge in [0.2, 0.25) is 5.88 Å². The molecule has 1 aromatic heterocycles. The van der Waals surface area contributed by atoms with Gasteiger partial charge in [0.25, 0.3) is 27.6 Å². The summed E-state index contributed by atoms with van der Waals surface area (Å²) in [4.78, 5) is 106. The van der Waals surface area contributed by atoms with Crippen LogP contribution in [0.3, 0.4) is 0 Å². The van der Waals surface area contributed by atoms with E-state index in [2.05, 4.69) is 29.1 Å². The molecule has 3 unspecified atom stereocenters. The van der Waals surface area contributed by atoms with E-state index < -0.39 is 32.9 Å². The average Bonchev–Trinajstić information content (AvgIpc) is 1.51. The fourth-order valence-electron chi connectivity index (χ4n) is 11.2. The Morgan fingerprint density at radius 2 is 1.28 bits per heavy atom. The quantitative estimate of drug-likeness (QED) is 0.0116. The van der Waals surface area contributed by atoms with Crippen LogP contribution in [0, 0.1) is 49.6 Å². The first kappa shape index (κ1) is 64.5. The summed E-state index contributed by atoms with van der Waals surface area (Å²) in [5, 5.41) is 29.4.